The Morgan fingerprint density at radius 1 is 0.714 bits per heavy atom. The highest BCUT2D eigenvalue weighted by Gasteiger charge is 2.27. The Labute approximate surface area is 297 Å². The van der Waals surface area contributed by atoms with E-state index < -0.39 is 10.0 Å². The van der Waals surface area contributed by atoms with Gasteiger partial charge in [0.15, 0.2) is 0 Å². The van der Waals surface area contributed by atoms with Gasteiger partial charge in [0.25, 0.3) is 10.0 Å². The predicted molar refractivity (Wildman–Crippen MR) is 207 cm³/mol. The number of unbranched alkanes of at least 4 members (excludes halogenated alkanes) is 4. The van der Waals surface area contributed by atoms with Gasteiger partial charge in [-0.05, 0) is 96.2 Å². The fourth-order valence-electron chi connectivity index (χ4n) is 5.94. The quantitative estimate of drug-likeness (QED) is 0.102. The molecule has 3 N–H and O–H groups in total. The third kappa shape index (κ3) is 11.5. The van der Waals surface area contributed by atoms with Crippen LogP contribution in [0.1, 0.15) is 148 Å². The molecular weight excluding hydrogens is 631 g/mol. The standard InChI is InChI=1S/C41H61N3O4S/c1-10-13-15-16-24-48-35-21-18-33(19-22-35)42-38-23-20-34(27-39(38)43-41(45)31(12-3)17-14-11-2)44-49(46,47)40-36(29(6)7)25-32(28(4)5)26-37(40)30(8)9/h18-23,25-31,42,44H,10-17,24H2,1-9H3,(H,43,45). The number of rotatable bonds is 20. The lowest BCUT2D eigenvalue weighted by molar-refractivity contribution is -0.120. The van der Waals surface area contributed by atoms with Crippen molar-refractivity contribution in [1.29, 1.82) is 0 Å². The van der Waals surface area contributed by atoms with Gasteiger partial charge in [-0.1, -0.05) is 107 Å². The first-order valence-corrected chi connectivity index (χ1v) is 19.9. The minimum atomic E-state index is -3.97. The number of carbonyl (C=O) groups excluding carboxylic acids is 1. The van der Waals surface area contributed by atoms with Gasteiger partial charge in [-0.3, -0.25) is 9.52 Å². The molecule has 0 aliphatic heterocycles. The first kappa shape index (κ1) is 39.9. The molecule has 3 aromatic rings. The maximum atomic E-state index is 14.2. The predicted octanol–water partition coefficient (Wildman–Crippen LogP) is 11.7. The largest absolute Gasteiger partial charge is 0.494 e. The van der Waals surface area contributed by atoms with Crippen LogP contribution in [0.5, 0.6) is 5.75 Å². The Morgan fingerprint density at radius 3 is 1.88 bits per heavy atom. The normalized spacial score (nSPS) is 12.4. The van der Waals surface area contributed by atoms with E-state index in [9.17, 15) is 13.2 Å². The van der Waals surface area contributed by atoms with Crippen molar-refractivity contribution in [2.45, 2.75) is 136 Å². The fourth-order valence-corrected chi connectivity index (χ4v) is 7.69. The Kier molecular flexibility index (Phi) is 15.5. The molecule has 0 aliphatic rings. The molecule has 0 radical (unpaired) electrons. The van der Waals surface area contributed by atoms with Crippen molar-refractivity contribution in [3.8, 4) is 5.75 Å². The Hall–Kier alpha value is -3.52. The van der Waals surface area contributed by atoms with E-state index in [4.69, 9.17) is 4.74 Å². The van der Waals surface area contributed by atoms with Crippen LogP contribution in [0.3, 0.4) is 0 Å². The molecule has 0 heterocycles. The summed E-state index contributed by atoms with van der Waals surface area (Å²) in [5, 5.41) is 6.56. The molecule has 0 bridgehead atoms. The zero-order valence-corrected chi connectivity index (χ0v) is 32.2. The van der Waals surface area contributed by atoms with Crippen molar-refractivity contribution in [2.24, 2.45) is 5.92 Å². The molecule has 7 nitrogen and oxygen atoms in total. The summed E-state index contributed by atoms with van der Waals surface area (Å²) in [4.78, 5) is 13.9. The molecule has 0 saturated carbocycles. The molecular formula is C41H61N3O4S. The highest BCUT2D eigenvalue weighted by Crippen LogP contribution is 2.37. The maximum absolute atomic E-state index is 14.2. The number of hydrogen-bond donors (Lipinski definition) is 3. The van der Waals surface area contributed by atoms with Gasteiger partial charge in [0.1, 0.15) is 5.75 Å². The number of anilines is 4. The molecule has 0 fully saturated rings. The number of nitrogens with one attached hydrogen (secondary N) is 3. The van der Waals surface area contributed by atoms with Gasteiger partial charge in [-0.25, -0.2) is 8.42 Å². The zero-order valence-electron chi connectivity index (χ0n) is 31.4. The molecule has 3 aromatic carbocycles. The first-order valence-electron chi connectivity index (χ1n) is 18.5. The van der Waals surface area contributed by atoms with Gasteiger partial charge in [0.2, 0.25) is 5.91 Å². The van der Waals surface area contributed by atoms with Gasteiger partial charge in [0, 0.05) is 11.6 Å². The molecule has 1 amide bonds. The van der Waals surface area contributed by atoms with E-state index in [1.165, 1.54) is 12.8 Å². The number of benzene rings is 3. The smallest absolute Gasteiger partial charge is 0.262 e. The van der Waals surface area contributed by atoms with Crippen LogP contribution >= 0.6 is 0 Å². The highest BCUT2D eigenvalue weighted by atomic mass is 32.2. The molecule has 270 valence electrons. The second kappa shape index (κ2) is 19.0. The minimum Gasteiger partial charge on any atom is -0.494 e. The average Bonchev–Trinajstić information content (AvgIpc) is 3.06. The van der Waals surface area contributed by atoms with Crippen molar-refractivity contribution in [3.63, 3.8) is 0 Å². The van der Waals surface area contributed by atoms with Gasteiger partial charge in [-0.2, -0.15) is 0 Å². The van der Waals surface area contributed by atoms with Crippen molar-refractivity contribution < 1.29 is 17.9 Å². The molecule has 8 heteroatoms. The second-order valence-electron chi connectivity index (χ2n) is 14.2. The number of ether oxygens (including phenoxy) is 1. The van der Waals surface area contributed by atoms with E-state index in [0.29, 0.717) is 28.6 Å². The van der Waals surface area contributed by atoms with Gasteiger partial charge >= 0.3 is 0 Å². The van der Waals surface area contributed by atoms with E-state index in [1.54, 1.807) is 12.1 Å². The second-order valence-corrected chi connectivity index (χ2v) is 15.8. The lowest BCUT2D eigenvalue weighted by Gasteiger charge is -2.23. The van der Waals surface area contributed by atoms with Crippen LogP contribution in [0, 0.1) is 5.92 Å². The van der Waals surface area contributed by atoms with Gasteiger partial charge in [0.05, 0.1) is 28.6 Å². The van der Waals surface area contributed by atoms with E-state index in [2.05, 4.69) is 43.1 Å². The summed E-state index contributed by atoms with van der Waals surface area (Å²) in [6.45, 7) is 19.4. The number of amides is 1. The summed E-state index contributed by atoms with van der Waals surface area (Å²) >= 11 is 0. The Morgan fingerprint density at radius 2 is 1.33 bits per heavy atom. The van der Waals surface area contributed by atoms with Crippen LogP contribution < -0.4 is 20.1 Å². The maximum Gasteiger partial charge on any atom is 0.262 e. The lowest BCUT2D eigenvalue weighted by atomic mass is 9.89. The molecule has 0 spiro atoms. The zero-order chi connectivity index (χ0) is 36.1. The monoisotopic (exact) mass is 691 g/mol. The van der Waals surface area contributed by atoms with E-state index >= 15 is 0 Å². The first-order chi connectivity index (χ1) is 23.3. The minimum absolute atomic E-state index is 0.0103. The van der Waals surface area contributed by atoms with Gasteiger partial charge < -0.3 is 15.4 Å². The van der Waals surface area contributed by atoms with Crippen LogP contribution in [0.15, 0.2) is 59.5 Å². The molecule has 3 rings (SSSR count). The summed E-state index contributed by atoms with van der Waals surface area (Å²) in [5.41, 5.74) is 5.14. The fraction of sp³-hybridized carbons (Fsp3) is 0.537. The number of sulfonamides is 1. The van der Waals surface area contributed by atoms with Crippen LogP contribution in [0.2, 0.25) is 0 Å². The van der Waals surface area contributed by atoms with Crippen LogP contribution in [-0.2, 0) is 14.8 Å². The van der Waals surface area contributed by atoms with E-state index in [0.717, 1.165) is 66.7 Å². The summed E-state index contributed by atoms with van der Waals surface area (Å²) < 4.78 is 37.3. The summed E-state index contributed by atoms with van der Waals surface area (Å²) in [5.74, 6) is 0.898. The summed E-state index contributed by atoms with van der Waals surface area (Å²) in [6.07, 6.45) is 8.11. The lowest BCUT2D eigenvalue weighted by Crippen LogP contribution is -2.23. The number of hydrogen-bond acceptors (Lipinski definition) is 5. The van der Waals surface area contributed by atoms with Crippen LogP contribution in [-0.4, -0.2) is 20.9 Å². The average molecular weight is 692 g/mol. The Bertz CT molecular complexity index is 1570. The summed E-state index contributed by atoms with van der Waals surface area (Å²) in [6, 6.07) is 17.1. The topological polar surface area (TPSA) is 96.5 Å². The number of carbonyl (C=O) groups is 1. The van der Waals surface area contributed by atoms with Crippen LogP contribution in [0.4, 0.5) is 22.7 Å². The van der Waals surface area contributed by atoms with Crippen molar-refractivity contribution in [2.75, 3.05) is 22.0 Å². The van der Waals surface area contributed by atoms with E-state index in [1.807, 2.05) is 77.1 Å². The van der Waals surface area contributed by atoms with Crippen molar-refractivity contribution in [1.82, 2.24) is 0 Å². The van der Waals surface area contributed by atoms with Gasteiger partial charge in [-0.15, -0.1) is 0 Å². The summed E-state index contributed by atoms with van der Waals surface area (Å²) in [7, 11) is -3.97. The third-order valence-electron chi connectivity index (χ3n) is 9.05. The van der Waals surface area contributed by atoms with E-state index in [-0.39, 0.29) is 29.6 Å². The van der Waals surface area contributed by atoms with Crippen molar-refractivity contribution in [3.05, 3.63) is 71.3 Å². The van der Waals surface area contributed by atoms with Crippen molar-refractivity contribution >= 4 is 38.7 Å². The molecule has 0 saturated heterocycles. The molecule has 1 atom stereocenters. The molecule has 1 unspecified atom stereocenters. The molecule has 49 heavy (non-hydrogen) atoms. The highest BCUT2D eigenvalue weighted by molar-refractivity contribution is 7.92. The third-order valence-corrected chi connectivity index (χ3v) is 10.6. The SMILES string of the molecule is CCCCCCOc1ccc(Nc2ccc(NS(=O)(=O)c3c(C(C)C)cc(C(C)C)cc3C(C)C)cc2NC(=O)C(CC)CCCC)cc1. The molecule has 0 aliphatic carbocycles. The molecule has 0 aromatic heterocycles. The Balaban J connectivity index is 1.98. The van der Waals surface area contributed by atoms with Crippen LogP contribution in [0.25, 0.3) is 0 Å².